The highest BCUT2D eigenvalue weighted by molar-refractivity contribution is 5.58. The van der Waals surface area contributed by atoms with Gasteiger partial charge >= 0.3 is 0 Å². The maximum absolute atomic E-state index is 13.9. The summed E-state index contributed by atoms with van der Waals surface area (Å²) in [4.78, 5) is 1.77. The van der Waals surface area contributed by atoms with Crippen molar-refractivity contribution in [1.29, 1.82) is 5.26 Å². The normalized spacial score (nSPS) is 11.8. The molecule has 4 nitrogen and oxygen atoms in total. The molecule has 1 heterocycles. The first kappa shape index (κ1) is 14.9. The summed E-state index contributed by atoms with van der Waals surface area (Å²) in [6.07, 6.45) is 0. The number of hydrogen-bond donors (Lipinski definition) is 0. The minimum Gasteiger partial charge on any atom is -0.350 e. The molecule has 108 valence electrons. The molecule has 0 amide bonds. The third kappa shape index (κ3) is 2.70. The molecular weight excluding hydrogens is 267 g/mol. The fourth-order valence-corrected chi connectivity index (χ4v) is 2.18. The molecule has 0 aliphatic heterocycles. The van der Waals surface area contributed by atoms with Gasteiger partial charge in [-0.15, -0.1) is 5.10 Å². The summed E-state index contributed by atoms with van der Waals surface area (Å²) in [5.41, 5.74) is 2.56. The fraction of sp³-hybridized carbons (Fsp3) is 0.312. The average Bonchev–Trinajstić information content (AvgIpc) is 2.49. The summed E-state index contributed by atoms with van der Waals surface area (Å²) in [5.74, 6) is 0.198. The molecule has 0 radical (unpaired) electrons. The first-order valence-corrected chi connectivity index (χ1v) is 6.68. The second-order valence-corrected chi connectivity index (χ2v) is 5.03. The number of anilines is 1. The zero-order valence-electron chi connectivity index (χ0n) is 12.6. The van der Waals surface area contributed by atoms with Gasteiger partial charge in [0.2, 0.25) is 0 Å². The second kappa shape index (κ2) is 5.88. The minimum atomic E-state index is -0.271. The highest BCUT2D eigenvalue weighted by atomic mass is 19.1. The highest BCUT2D eigenvalue weighted by Gasteiger charge is 2.21. The zero-order valence-corrected chi connectivity index (χ0v) is 12.6. The molecule has 1 unspecified atom stereocenters. The van der Waals surface area contributed by atoms with Crippen molar-refractivity contribution in [1.82, 2.24) is 10.2 Å². The Kier molecular flexibility index (Phi) is 4.18. The number of hydrogen-bond acceptors (Lipinski definition) is 4. The Hall–Kier alpha value is -2.48. The molecule has 0 fully saturated rings. The summed E-state index contributed by atoms with van der Waals surface area (Å²) in [7, 11) is 1.79. The van der Waals surface area contributed by atoms with Crippen molar-refractivity contribution in [3.05, 3.63) is 52.5 Å². The Bertz CT molecular complexity index is 706. The van der Waals surface area contributed by atoms with Gasteiger partial charge in [-0.05, 0) is 32.4 Å². The van der Waals surface area contributed by atoms with Crippen LogP contribution in [0.15, 0.2) is 24.3 Å². The van der Waals surface area contributed by atoms with Crippen molar-refractivity contribution < 1.29 is 4.39 Å². The lowest BCUT2D eigenvalue weighted by atomic mass is 10.0. The predicted molar refractivity (Wildman–Crippen MR) is 79.4 cm³/mol. The maximum atomic E-state index is 13.9. The monoisotopic (exact) mass is 284 g/mol. The number of nitriles is 1. The van der Waals surface area contributed by atoms with Crippen LogP contribution in [0.5, 0.6) is 0 Å². The average molecular weight is 284 g/mol. The van der Waals surface area contributed by atoms with Crippen LogP contribution in [-0.4, -0.2) is 17.2 Å². The summed E-state index contributed by atoms with van der Waals surface area (Å²) in [5, 5.41) is 17.5. The molecule has 21 heavy (non-hydrogen) atoms. The molecule has 1 atom stereocenters. The van der Waals surface area contributed by atoms with Crippen LogP contribution < -0.4 is 4.90 Å². The molecule has 1 aromatic heterocycles. The molecule has 5 heteroatoms. The third-order valence-electron chi connectivity index (χ3n) is 3.82. The number of aryl methyl sites for hydroxylation is 1. The zero-order chi connectivity index (χ0) is 15.6. The van der Waals surface area contributed by atoms with Crippen molar-refractivity contribution in [2.24, 2.45) is 0 Å². The molecule has 0 spiro atoms. The number of nitrogens with zero attached hydrogens (tertiary/aromatic N) is 4. The molecule has 0 aliphatic carbocycles. The first-order chi connectivity index (χ1) is 9.97. The van der Waals surface area contributed by atoms with Crippen molar-refractivity contribution in [2.45, 2.75) is 26.8 Å². The minimum absolute atomic E-state index is 0.255. The van der Waals surface area contributed by atoms with Gasteiger partial charge in [-0.3, -0.25) is 0 Å². The Balaban J connectivity index is 2.46. The lowest BCUT2D eigenvalue weighted by molar-refractivity contribution is 0.583. The Morgan fingerprint density at radius 2 is 1.90 bits per heavy atom. The van der Waals surface area contributed by atoms with Gasteiger partial charge in [-0.1, -0.05) is 18.2 Å². The van der Waals surface area contributed by atoms with E-state index in [2.05, 4.69) is 16.3 Å². The Morgan fingerprint density at radius 3 is 2.52 bits per heavy atom. The molecule has 2 rings (SSSR count). The SMILES string of the molecule is Cc1nnc(N(C)C(C)c2ccccc2F)c(C#N)c1C. The third-order valence-corrected chi connectivity index (χ3v) is 3.82. The van der Waals surface area contributed by atoms with Crippen LogP contribution >= 0.6 is 0 Å². The van der Waals surface area contributed by atoms with E-state index in [1.165, 1.54) is 6.07 Å². The van der Waals surface area contributed by atoms with Crippen molar-refractivity contribution in [3.63, 3.8) is 0 Å². The van der Waals surface area contributed by atoms with Crippen molar-refractivity contribution >= 4 is 5.82 Å². The molecule has 1 aromatic carbocycles. The lowest BCUT2D eigenvalue weighted by Crippen LogP contribution is -2.25. The van der Waals surface area contributed by atoms with Crippen LogP contribution in [-0.2, 0) is 0 Å². The van der Waals surface area contributed by atoms with Crippen LogP contribution in [0.25, 0.3) is 0 Å². The smallest absolute Gasteiger partial charge is 0.169 e. The molecule has 2 aromatic rings. The van der Waals surface area contributed by atoms with Gasteiger partial charge in [0, 0.05) is 12.6 Å². The van der Waals surface area contributed by atoms with E-state index in [0.717, 1.165) is 11.3 Å². The maximum Gasteiger partial charge on any atom is 0.169 e. The van der Waals surface area contributed by atoms with Gasteiger partial charge in [0.25, 0.3) is 0 Å². The molecule has 0 aliphatic rings. The summed E-state index contributed by atoms with van der Waals surface area (Å²) in [6, 6.07) is 8.52. The van der Waals surface area contributed by atoms with E-state index in [0.29, 0.717) is 16.9 Å². The predicted octanol–water partition coefficient (Wildman–Crippen LogP) is 3.30. The highest BCUT2D eigenvalue weighted by Crippen LogP contribution is 2.29. The van der Waals surface area contributed by atoms with Crippen LogP contribution in [0.3, 0.4) is 0 Å². The van der Waals surface area contributed by atoms with Gasteiger partial charge in [0.15, 0.2) is 5.82 Å². The number of halogens is 1. The van der Waals surface area contributed by atoms with Crippen LogP contribution in [0.2, 0.25) is 0 Å². The molecule has 0 N–H and O–H groups in total. The van der Waals surface area contributed by atoms with Crippen LogP contribution in [0.1, 0.15) is 35.3 Å². The fourth-order valence-electron chi connectivity index (χ4n) is 2.18. The van der Waals surface area contributed by atoms with Gasteiger partial charge in [-0.2, -0.15) is 10.4 Å². The summed E-state index contributed by atoms with van der Waals surface area (Å²) in [6.45, 7) is 5.53. The quantitative estimate of drug-likeness (QED) is 0.867. The van der Waals surface area contributed by atoms with Gasteiger partial charge < -0.3 is 4.90 Å². The summed E-state index contributed by atoms with van der Waals surface area (Å²) >= 11 is 0. The van der Waals surface area contributed by atoms with Crippen molar-refractivity contribution in [3.8, 4) is 6.07 Å². The molecule has 0 bridgehead atoms. The van der Waals surface area contributed by atoms with E-state index < -0.39 is 0 Å². The Morgan fingerprint density at radius 1 is 1.24 bits per heavy atom. The van der Waals surface area contributed by atoms with E-state index in [4.69, 9.17) is 0 Å². The molecule has 0 saturated carbocycles. The molecular formula is C16H17FN4. The second-order valence-electron chi connectivity index (χ2n) is 5.03. The largest absolute Gasteiger partial charge is 0.350 e. The van der Waals surface area contributed by atoms with Crippen LogP contribution in [0, 0.1) is 31.0 Å². The van der Waals surface area contributed by atoms with Gasteiger partial charge in [0.05, 0.1) is 11.7 Å². The number of aromatic nitrogens is 2. The number of benzene rings is 1. The van der Waals surface area contributed by atoms with E-state index in [9.17, 15) is 9.65 Å². The van der Waals surface area contributed by atoms with Gasteiger partial charge in [0.1, 0.15) is 17.4 Å². The summed E-state index contributed by atoms with van der Waals surface area (Å²) < 4.78 is 13.9. The van der Waals surface area contributed by atoms with Crippen molar-refractivity contribution in [2.75, 3.05) is 11.9 Å². The van der Waals surface area contributed by atoms with E-state index in [-0.39, 0.29) is 11.9 Å². The van der Waals surface area contributed by atoms with E-state index >= 15 is 0 Å². The standard InChI is InChI=1S/C16H17FN4/c1-10-11(2)19-20-16(14(10)9-18)21(4)12(3)13-7-5-6-8-15(13)17/h5-8,12H,1-4H3. The van der Waals surface area contributed by atoms with Crippen LogP contribution in [0.4, 0.5) is 10.2 Å². The first-order valence-electron chi connectivity index (χ1n) is 6.68. The Labute approximate surface area is 123 Å². The lowest BCUT2D eigenvalue weighted by Gasteiger charge is -2.27. The van der Waals surface area contributed by atoms with E-state index in [1.807, 2.05) is 20.8 Å². The number of rotatable bonds is 3. The topological polar surface area (TPSA) is 52.8 Å². The van der Waals surface area contributed by atoms with E-state index in [1.54, 1.807) is 30.1 Å². The van der Waals surface area contributed by atoms with Gasteiger partial charge in [-0.25, -0.2) is 4.39 Å². The molecule has 0 saturated heterocycles.